The minimum atomic E-state index is -0.134. The number of thiophene rings is 1. The zero-order chi connectivity index (χ0) is 22.7. The SMILES string of the molecule is COc1cccc(CNC(=O)CSc2nc3ccsc3c(=O)n2-c2cc(C)ccc2C)c1. The molecule has 0 bridgehead atoms. The van der Waals surface area contributed by atoms with Crippen molar-refractivity contribution < 1.29 is 9.53 Å². The predicted molar refractivity (Wildman–Crippen MR) is 130 cm³/mol. The van der Waals surface area contributed by atoms with Crippen molar-refractivity contribution in [2.45, 2.75) is 25.5 Å². The predicted octanol–water partition coefficient (Wildman–Crippen LogP) is 4.48. The Morgan fingerprint density at radius 1 is 1.19 bits per heavy atom. The fourth-order valence-electron chi connectivity index (χ4n) is 3.33. The van der Waals surface area contributed by atoms with Crippen molar-refractivity contribution in [3.05, 3.63) is 81.0 Å². The molecule has 0 saturated heterocycles. The summed E-state index contributed by atoms with van der Waals surface area (Å²) in [7, 11) is 1.61. The number of fused-ring (bicyclic) bond motifs is 1. The van der Waals surface area contributed by atoms with Crippen LogP contribution in [0.25, 0.3) is 15.9 Å². The van der Waals surface area contributed by atoms with Gasteiger partial charge in [0, 0.05) is 6.54 Å². The molecule has 0 aliphatic heterocycles. The summed E-state index contributed by atoms with van der Waals surface area (Å²) in [5.74, 6) is 0.763. The van der Waals surface area contributed by atoms with E-state index >= 15 is 0 Å². The van der Waals surface area contributed by atoms with Gasteiger partial charge in [-0.2, -0.15) is 0 Å². The number of nitrogens with one attached hydrogen (secondary N) is 1. The lowest BCUT2D eigenvalue weighted by atomic mass is 10.1. The number of ether oxygens (including phenoxy) is 1. The smallest absolute Gasteiger partial charge is 0.276 e. The van der Waals surface area contributed by atoms with Gasteiger partial charge in [-0.1, -0.05) is 36.0 Å². The maximum absolute atomic E-state index is 13.3. The van der Waals surface area contributed by atoms with Gasteiger partial charge in [-0.25, -0.2) is 4.98 Å². The van der Waals surface area contributed by atoms with Crippen LogP contribution in [0.5, 0.6) is 5.75 Å². The quantitative estimate of drug-likeness (QED) is 0.322. The summed E-state index contributed by atoms with van der Waals surface area (Å²) in [5, 5.41) is 5.29. The summed E-state index contributed by atoms with van der Waals surface area (Å²) < 4.78 is 7.46. The Hall–Kier alpha value is -3.10. The molecular formula is C24H23N3O3S2. The number of nitrogens with zero attached hydrogens (tertiary/aromatic N) is 2. The minimum Gasteiger partial charge on any atom is -0.497 e. The van der Waals surface area contributed by atoms with E-state index in [0.717, 1.165) is 28.1 Å². The summed E-state index contributed by atoms with van der Waals surface area (Å²) in [6.07, 6.45) is 0. The Morgan fingerprint density at radius 2 is 2.03 bits per heavy atom. The van der Waals surface area contributed by atoms with Crippen LogP contribution >= 0.6 is 23.1 Å². The second-order valence-electron chi connectivity index (χ2n) is 7.38. The third-order valence-electron chi connectivity index (χ3n) is 5.01. The first-order valence-corrected chi connectivity index (χ1v) is 11.9. The molecule has 0 fully saturated rings. The summed E-state index contributed by atoms with van der Waals surface area (Å²) >= 11 is 2.64. The molecule has 4 aromatic rings. The van der Waals surface area contributed by atoms with Crippen LogP contribution in [0.2, 0.25) is 0 Å². The van der Waals surface area contributed by atoms with Crippen molar-refractivity contribution in [3.8, 4) is 11.4 Å². The van der Waals surface area contributed by atoms with Crippen LogP contribution in [0.3, 0.4) is 0 Å². The molecule has 4 rings (SSSR count). The Bertz CT molecular complexity index is 1340. The van der Waals surface area contributed by atoms with E-state index in [0.29, 0.717) is 21.9 Å². The number of aryl methyl sites for hydroxylation is 2. The molecule has 1 N–H and O–H groups in total. The van der Waals surface area contributed by atoms with E-state index in [1.54, 1.807) is 11.7 Å². The van der Waals surface area contributed by atoms with Gasteiger partial charge in [-0.3, -0.25) is 14.2 Å². The number of rotatable bonds is 7. The molecule has 6 nitrogen and oxygen atoms in total. The van der Waals surface area contributed by atoms with Gasteiger partial charge in [0.1, 0.15) is 10.4 Å². The van der Waals surface area contributed by atoms with Crippen LogP contribution in [0.15, 0.2) is 63.9 Å². The van der Waals surface area contributed by atoms with Crippen molar-refractivity contribution in [2.75, 3.05) is 12.9 Å². The van der Waals surface area contributed by atoms with Crippen molar-refractivity contribution in [3.63, 3.8) is 0 Å². The molecule has 1 amide bonds. The normalized spacial score (nSPS) is 11.0. The van der Waals surface area contributed by atoms with E-state index in [-0.39, 0.29) is 17.2 Å². The van der Waals surface area contributed by atoms with Gasteiger partial charge in [0.2, 0.25) is 5.91 Å². The lowest BCUT2D eigenvalue weighted by Gasteiger charge is -2.15. The number of carbonyl (C=O) groups excluding carboxylic acids is 1. The first-order valence-electron chi connectivity index (χ1n) is 10.1. The van der Waals surface area contributed by atoms with E-state index in [9.17, 15) is 9.59 Å². The second kappa shape index (κ2) is 9.58. The summed E-state index contributed by atoms with van der Waals surface area (Å²) in [5.41, 5.74) is 4.30. The molecule has 0 saturated carbocycles. The van der Waals surface area contributed by atoms with E-state index in [4.69, 9.17) is 9.72 Å². The van der Waals surface area contributed by atoms with Crippen LogP contribution in [0.4, 0.5) is 0 Å². The number of benzene rings is 2. The van der Waals surface area contributed by atoms with Crippen molar-refractivity contribution in [1.82, 2.24) is 14.9 Å². The topological polar surface area (TPSA) is 73.2 Å². The van der Waals surface area contributed by atoms with Crippen LogP contribution in [-0.2, 0) is 11.3 Å². The number of aromatic nitrogens is 2. The highest BCUT2D eigenvalue weighted by Gasteiger charge is 2.17. The van der Waals surface area contributed by atoms with Gasteiger partial charge in [-0.05, 0) is 60.2 Å². The lowest BCUT2D eigenvalue weighted by molar-refractivity contribution is -0.118. The molecule has 8 heteroatoms. The van der Waals surface area contributed by atoms with Gasteiger partial charge in [0.15, 0.2) is 5.16 Å². The summed E-state index contributed by atoms with van der Waals surface area (Å²) in [4.78, 5) is 30.5. The van der Waals surface area contributed by atoms with Crippen molar-refractivity contribution >= 4 is 39.2 Å². The van der Waals surface area contributed by atoms with Gasteiger partial charge < -0.3 is 10.1 Å². The third-order valence-corrected chi connectivity index (χ3v) is 6.84. The van der Waals surface area contributed by atoms with Crippen LogP contribution < -0.4 is 15.6 Å². The molecule has 0 unspecified atom stereocenters. The Labute approximate surface area is 194 Å². The molecule has 164 valence electrons. The van der Waals surface area contributed by atoms with Gasteiger partial charge in [-0.15, -0.1) is 11.3 Å². The average molecular weight is 466 g/mol. The Kier molecular flexibility index (Phi) is 6.62. The molecular weight excluding hydrogens is 442 g/mol. The summed E-state index contributed by atoms with van der Waals surface area (Å²) in [6.45, 7) is 4.36. The molecule has 0 aliphatic rings. The fraction of sp³-hybridized carbons (Fsp3) is 0.208. The van der Waals surface area contributed by atoms with E-state index in [1.165, 1.54) is 23.1 Å². The molecule has 0 radical (unpaired) electrons. The van der Waals surface area contributed by atoms with Gasteiger partial charge in [0.25, 0.3) is 5.56 Å². The summed E-state index contributed by atoms with van der Waals surface area (Å²) in [6, 6.07) is 15.4. The third kappa shape index (κ3) is 4.71. The average Bonchev–Trinajstić information content (AvgIpc) is 3.27. The van der Waals surface area contributed by atoms with Crippen molar-refractivity contribution in [1.29, 1.82) is 0 Å². The monoisotopic (exact) mass is 465 g/mol. The highest BCUT2D eigenvalue weighted by molar-refractivity contribution is 7.99. The van der Waals surface area contributed by atoms with E-state index in [2.05, 4.69) is 5.32 Å². The maximum atomic E-state index is 13.3. The molecule has 2 aromatic carbocycles. The zero-order valence-corrected chi connectivity index (χ0v) is 19.7. The Morgan fingerprint density at radius 3 is 2.84 bits per heavy atom. The van der Waals surface area contributed by atoms with Crippen LogP contribution in [0, 0.1) is 13.8 Å². The minimum absolute atomic E-state index is 0.113. The number of hydrogen-bond acceptors (Lipinski definition) is 6. The first kappa shape index (κ1) is 22.1. The second-order valence-corrected chi connectivity index (χ2v) is 9.24. The molecule has 2 heterocycles. The largest absolute Gasteiger partial charge is 0.497 e. The molecule has 0 atom stereocenters. The number of carbonyl (C=O) groups is 1. The van der Waals surface area contributed by atoms with E-state index in [1.807, 2.05) is 67.8 Å². The number of thioether (sulfide) groups is 1. The van der Waals surface area contributed by atoms with Gasteiger partial charge in [0.05, 0.1) is 24.1 Å². The highest BCUT2D eigenvalue weighted by Crippen LogP contribution is 2.25. The number of hydrogen-bond donors (Lipinski definition) is 1. The van der Waals surface area contributed by atoms with Gasteiger partial charge >= 0.3 is 0 Å². The molecule has 0 aliphatic carbocycles. The number of amides is 1. The molecule has 2 aromatic heterocycles. The zero-order valence-electron chi connectivity index (χ0n) is 18.0. The van der Waals surface area contributed by atoms with Crippen LogP contribution in [0.1, 0.15) is 16.7 Å². The van der Waals surface area contributed by atoms with Crippen molar-refractivity contribution in [2.24, 2.45) is 0 Å². The molecule has 32 heavy (non-hydrogen) atoms. The van der Waals surface area contributed by atoms with E-state index < -0.39 is 0 Å². The standard InChI is InChI=1S/C24H23N3O3S2/c1-15-7-8-16(2)20(11-15)27-23(29)22-19(9-10-31-22)26-24(27)32-14-21(28)25-13-17-5-4-6-18(12-17)30-3/h4-12H,13-14H2,1-3H3,(H,25,28). The number of methoxy groups -OCH3 is 1. The fourth-order valence-corrected chi connectivity index (χ4v) is 4.92. The first-order chi connectivity index (χ1) is 15.5. The Balaban J connectivity index is 1.58. The maximum Gasteiger partial charge on any atom is 0.276 e. The highest BCUT2D eigenvalue weighted by atomic mass is 32.2. The molecule has 0 spiro atoms. The lowest BCUT2D eigenvalue weighted by Crippen LogP contribution is -2.26. The van der Waals surface area contributed by atoms with Crippen LogP contribution in [-0.4, -0.2) is 28.3 Å².